The summed E-state index contributed by atoms with van der Waals surface area (Å²) in [4.78, 5) is 14.6. The maximum Gasteiger partial charge on any atom is 0.387 e. The molecule has 29 heavy (non-hydrogen) atoms. The lowest BCUT2D eigenvalue weighted by atomic mass is 10.2. The van der Waals surface area contributed by atoms with Crippen LogP contribution in [-0.4, -0.2) is 33.7 Å². The summed E-state index contributed by atoms with van der Waals surface area (Å²) in [5, 5.41) is 8.65. The number of rotatable bonds is 7. The van der Waals surface area contributed by atoms with Crippen molar-refractivity contribution in [2.45, 2.75) is 32.0 Å². The van der Waals surface area contributed by atoms with E-state index in [1.54, 1.807) is 35.2 Å². The van der Waals surface area contributed by atoms with Crippen LogP contribution in [0.4, 0.5) is 8.78 Å². The average molecular weight is 420 g/mol. The van der Waals surface area contributed by atoms with Gasteiger partial charge < -0.3 is 14.1 Å². The molecule has 2 aromatic carbocycles. The number of nitrogens with zero attached hydrogens (tertiary/aromatic N) is 3. The highest BCUT2D eigenvalue weighted by Crippen LogP contribution is 2.31. The first-order valence-electron chi connectivity index (χ1n) is 8.94. The van der Waals surface area contributed by atoms with E-state index < -0.39 is 6.61 Å². The van der Waals surface area contributed by atoms with Gasteiger partial charge in [0.15, 0.2) is 0 Å². The van der Waals surface area contributed by atoms with Gasteiger partial charge in [0.05, 0.1) is 6.54 Å². The zero-order chi connectivity index (χ0) is 20.4. The molecule has 0 atom stereocenters. The molecule has 1 saturated carbocycles. The molecule has 1 aliphatic carbocycles. The third kappa shape index (κ3) is 4.71. The molecule has 0 saturated heterocycles. The summed E-state index contributed by atoms with van der Waals surface area (Å²) in [6, 6.07) is 12.7. The van der Waals surface area contributed by atoms with Crippen molar-refractivity contribution in [3.8, 4) is 17.2 Å². The van der Waals surface area contributed by atoms with Crippen molar-refractivity contribution >= 4 is 17.5 Å². The number of aromatic nitrogens is 2. The maximum atomic E-state index is 13.0. The first kappa shape index (κ1) is 19.3. The fraction of sp³-hybridized carbons (Fsp3) is 0.250. The molecule has 0 bridgehead atoms. The van der Waals surface area contributed by atoms with Crippen LogP contribution in [0, 0.1) is 0 Å². The van der Waals surface area contributed by atoms with E-state index >= 15 is 0 Å². The van der Waals surface area contributed by atoms with E-state index in [1.165, 1.54) is 18.2 Å². The number of hydrogen-bond donors (Lipinski definition) is 0. The summed E-state index contributed by atoms with van der Waals surface area (Å²) < 4.78 is 35.0. The molecule has 150 valence electrons. The van der Waals surface area contributed by atoms with E-state index in [2.05, 4.69) is 14.9 Å². The van der Waals surface area contributed by atoms with Crippen molar-refractivity contribution in [3.05, 3.63) is 65.0 Å². The minimum Gasteiger partial charge on any atom is -0.435 e. The van der Waals surface area contributed by atoms with Crippen LogP contribution in [-0.2, 0) is 6.54 Å². The zero-order valence-electron chi connectivity index (χ0n) is 15.1. The van der Waals surface area contributed by atoms with Crippen LogP contribution in [0.15, 0.2) is 52.9 Å². The molecule has 0 N–H and O–H groups in total. The molecule has 0 spiro atoms. The molecular formula is C20H16ClF2N3O3. The van der Waals surface area contributed by atoms with Crippen molar-refractivity contribution in [2.75, 3.05) is 0 Å². The van der Waals surface area contributed by atoms with E-state index in [1.807, 2.05) is 0 Å². The quantitative estimate of drug-likeness (QED) is 0.550. The number of carbonyl (C=O) groups excluding carboxylic acids is 1. The molecule has 1 aromatic heterocycles. The highest BCUT2D eigenvalue weighted by Gasteiger charge is 2.34. The van der Waals surface area contributed by atoms with E-state index in [-0.39, 0.29) is 35.7 Å². The van der Waals surface area contributed by atoms with Gasteiger partial charge in [-0.2, -0.15) is 8.78 Å². The molecule has 0 radical (unpaired) electrons. The topological polar surface area (TPSA) is 68.5 Å². The summed E-state index contributed by atoms with van der Waals surface area (Å²) in [7, 11) is 0. The number of alkyl halides is 2. The summed E-state index contributed by atoms with van der Waals surface area (Å²) in [6.07, 6.45) is 1.72. The number of hydrogen-bond acceptors (Lipinski definition) is 5. The zero-order valence-corrected chi connectivity index (χ0v) is 15.9. The van der Waals surface area contributed by atoms with Crippen LogP contribution in [0.3, 0.4) is 0 Å². The van der Waals surface area contributed by atoms with E-state index in [0.717, 1.165) is 12.8 Å². The molecule has 3 aromatic rings. The van der Waals surface area contributed by atoms with Gasteiger partial charge >= 0.3 is 6.61 Å². The molecule has 0 unspecified atom stereocenters. The predicted molar refractivity (Wildman–Crippen MR) is 101 cm³/mol. The van der Waals surface area contributed by atoms with Gasteiger partial charge in [-0.1, -0.05) is 17.7 Å². The second kappa shape index (κ2) is 8.16. The standard InChI is InChI=1S/C20H16ClF2N3O3/c21-14-6-4-12(5-7-14)18-25-24-17(29-18)11-26(15-8-9-15)19(27)13-2-1-3-16(10-13)28-20(22)23/h1-7,10,15,20H,8-9,11H2. The molecule has 1 fully saturated rings. The summed E-state index contributed by atoms with van der Waals surface area (Å²) in [5.41, 5.74) is 0.974. The summed E-state index contributed by atoms with van der Waals surface area (Å²) >= 11 is 5.89. The van der Waals surface area contributed by atoms with Gasteiger partial charge in [0.25, 0.3) is 5.91 Å². The van der Waals surface area contributed by atoms with Crippen molar-refractivity contribution in [3.63, 3.8) is 0 Å². The molecule has 1 aliphatic rings. The van der Waals surface area contributed by atoms with Crippen molar-refractivity contribution < 1.29 is 22.7 Å². The predicted octanol–water partition coefficient (Wildman–Crippen LogP) is 4.80. The number of amides is 1. The first-order chi connectivity index (χ1) is 14.0. The highest BCUT2D eigenvalue weighted by atomic mass is 35.5. The van der Waals surface area contributed by atoms with Crippen molar-refractivity contribution in [1.82, 2.24) is 15.1 Å². The molecule has 1 amide bonds. The summed E-state index contributed by atoms with van der Waals surface area (Å²) in [5.74, 6) is 0.241. The Bertz CT molecular complexity index is 1010. The fourth-order valence-electron chi connectivity index (χ4n) is 2.90. The molecule has 0 aliphatic heterocycles. The Labute approximate surface area is 170 Å². The van der Waals surface area contributed by atoms with Crippen LogP contribution >= 0.6 is 11.6 Å². The van der Waals surface area contributed by atoms with Gasteiger partial charge in [-0.15, -0.1) is 10.2 Å². The second-order valence-electron chi connectivity index (χ2n) is 6.58. The van der Waals surface area contributed by atoms with Crippen LogP contribution in [0.5, 0.6) is 5.75 Å². The monoisotopic (exact) mass is 419 g/mol. The van der Waals surface area contributed by atoms with Crippen molar-refractivity contribution in [1.29, 1.82) is 0 Å². The maximum absolute atomic E-state index is 13.0. The van der Waals surface area contributed by atoms with Crippen LogP contribution in [0.25, 0.3) is 11.5 Å². The first-order valence-corrected chi connectivity index (χ1v) is 9.31. The van der Waals surface area contributed by atoms with Gasteiger partial charge in [0, 0.05) is 22.2 Å². The van der Waals surface area contributed by atoms with Crippen LogP contribution in [0.2, 0.25) is 5.02 Å². The average Bonchev–Trinajstić information content (AvgIpc) is 3.44. The Morgan fingerprint density at radius 1 is 1.21 bits per heavy atom. The lowest BCUT2D eigenvalue weighted by molar-refractivity contribution is -0.0499. The lowest BCUT2D eigenvalue weighted by Gasteiger charge is -2.21. The molecule has 9 heteroatoms. The Morgan fingerprint density at radius 3 is 2.66 bits per heavy atom. The molecular weight excluding hydrogens is 404 g/mol. The van der Waals surface area contributed by atoms with E-state index in [9.17, 15) is 13.6 Å². The molecule has 6 nitrogen and oxygen atoms in total. The summed E-state index contributed by atoms with van der Waals surface area (Å²) in [6.45, 7) is -2.83. The van der Waals surface area contributed by atoms with Gasteiger partial charge in [-0.25, -0.2) is 0 Å². The fourth-order valence-corrected chi connectivity index (χ4v) is 3.02. The van der Waals surface area contributed by atoms with Crippen LogP contribution in [0.1, 0.15) is 29.1 Å². The minimum atomic E-state index is -2.95. The van der Waals surface area contributed by atoms with Gasteiger partial charge in [0.2, 0.25) is 11.8 Å². The normalized spacial score (nSPS) is 13.5. The molecule has 1 heterocycles. The molecule has 4 rings (SSSR count). The third-order valence-corrected chi connectivity index (χ3v) is 4.67. The van der Waals surface area contributed by atoms with Gasteiger partial charge in [-0.3, -0.25) is 4.79 Å². The van der Waals surface area contributed by atoms with E-state index in [4.69, 9.17) is 16.0 Å². The third-order valence-electron chi connectivity index (χ3n) is 4.42. The highest BCUT2D eigenvalue weighted by molar-refractivity contribution is 6.30. The van der Waals surface area contributed by atoms with Gasteiger partial charge in [0.1, 0.15) is 5.75 Å². The number of benzene rings is 2. The number of halogens is 3. The smallest absolute Gasteiger partial charge is 0.387 e. The second-order valence-corrected chi connectivity index (χ2v) is 7.01. The number of ether oxygens (including phenoxy) is 1. The Kier molecular flexibility index (Phi) is 5.44. The largest absolute Gasteiger partial charge is 0.435 e. The van der Waals surface area contributed by atoms with E-state index in [0.29, 0.717) is 16.5 Å². The Hall–Kier alpha value is -3.00. The van der Waals surface area contributed by atoms with Crippen LogP contribution < -0.4 is 4.74 Å². The van der Waals surface area contributed by atoms with Gasteiger partial charge in [-0.05, 0) is 55.3 Å². The lowest BCUT2D eigenvalue weighted by Crippen LogP contribution is -2.32. The van der Waals surface area contributed by atoms with Crippen molar-refractivity contribution in [2.24, 2.45) is 0 Å². The SMILES string of the molecule is O=C(c1cccc(OC(F)F)c1)N(Cc1nnc(-c2ccc(Cl)cc2)o1)C1CC1. The Balaban J connectivity index is 1.52. The number of carbonyl (C=O) groups is 1. The Morgan fingerprint density at radius 2 is 1.97 bits per heavy atom. The minimum absolute atomic E-state index is 0.0491.